The zero-order chi connectivity index (χ0) is 22.4. The zero-order valence-electron chi connectivity index (χ0n) is 17.5. The lowest BCUT2D eigenvalue weighted by molar-refractivity contribution is 0.0970. The van der Waals surface area contributed by atoms with Crippen molar-refractivity contribution in [1.82, 2.24) is 4.98 Å². The predicted octanol–water partition coefficient (Wildman–Crippen LogP) is 4.35. The SMILES string of the molecule is CCOc1cc(C2c3c(oc4ccccc4c3=O)C(=O)N2c2cc(C)ccn2)ccc1O. The smallest absolute Gasteiger partial charge is 0.296 e. The zero-order valence-corrected chi connectivity index (χ0v) is 17.5. The van der Waals surface area contributed by atoms with Gasteiger partial charge in [0, 0.05) is 6.20 Å². The number of aromatic nitrogens is 1. The molecular formula is C25H20N2O5. The Morgan fingerprint density at radius 1 is 1.12 bits per heavy atom. The van der Waals surface area contributed by atoms with E-state index < -0.39 is 11.9 Å². The van der Waals surface area contributed by atoms with E-state index in [0.717, 1.165) is 5.56 Å². The van der Waals surface area contributed by atoms with Crippen molar-refractivity contribution >= 4 is 22.7 Å². The van der Waals surface area contributed by atoms with E-state index in [-0.39, 0.29) is 28.3 Å². The Morgan fingerprint density at radius 3 is 2.72 bits per heavy atom. The number of carbonyl (C=O) groups is 1. The van der Waals surface area contributed by atoms with Gasteiger partial charge in [0.2, 0.25) is 5.76 Å². The molecule has 1 amide bonds. The molecule has 1 aliphatic heterocycles. The molecule has 0 saturated carbocycles. The molecule has 1 N–H and O–H groups in total. The van der Waals surface area contributed by atoms with E-state index in [4.69, 9.17) is 9.15 Å². The van der Waals surface area contributed by atoms with Gasteiger partial charge in [0.25, 0.3) is 5.91 Å². The Bertz CT molecular complexity index is 1430. The summed E-state index contributed by atoms with van der Waals surface area (Å²) < 4.78 is 11.5. The van der Waals surface area contributed by atoms with Crippen molar-refractivity contribution < 1.29 is 19.1 Å². The second-order valence-electron chi connectivity index (χ2n) is 7.60. The molecule has 1 aliphatic rings. The van der Waals surface area contributed by atoms with Crippen LogP contribution in [0.25, 0.3) is 11.0 Å². The van der Waals surface area contributed by atoms with Crippen LogP contribution in [-0.4, -0.2) is 22.6 Å². The maximum absolute atomic E-state index is 13.5. The van der Waals surface area contributed by atoms with Crippen molar-refractivity contribution in [1.29, 1.82) is 0 Å². The highest BCUT2D eigenvalue weighted by Gasteiger charge is 2.44. The predicted molar refractivity (Wildman–Crippen MR) is 119 cm³/mol. The summed E-state index contributed by atoms with van der Waals surface area (Å²) in [6, 6.07) is 14.5. The number of hydrogen-bond donors (Lipinski definition) is 1. The molecule has 0 saturated heterocycles. The molecule has 3 heterocycles. The highest BCUT2D eigenvalue weighted by molar-refractivity contribution is 6.10. The average molecular weight is 428 g/mol. The van der Waals surface area contributed by atoms with Crippen LogP contribution in [0.15, 0.2) is 70.0 Å². The Kier molecular flexibility index (Phi) is 4.66. The molecule has 0 fully saturated rings. The summed E-state index contributed by atoms with van der Waals surface area (Å²) >= 11 is 0. The molecule has 2 aromatic carbocycles. The topological polar surface area (TPSA) is 92.9 Å². The first kappa shape index (κ1) is 19.8. The summed E-state index contributed by atoms with van der Waals surface area (Å²) in [7, 11) is 0. The number of fused-ring (bicyclic) bond motifs is 2. The van der Waals surface area contributed by atoms with Crippen molar-refractivity contribution in [2.45, 2.75) is 19.9 Å². The first-order valence-corrected chi connectivity index (χ1v) is 10.3. The van der Waals surface area contributed by atoms with Crippen molar-refractivity contribution in [2.75, 3.05) is 11.5 Å². The van der Waals surface area contributed by atoms with Gasteiger partial charge >= 0.3 is 0 Å². The van der Waals surface area contributed by atoms with E-state index in [1.807, 2.05) is 19.9 Å². The number of hydrogen-bond acceptors (Lipinski definition) is 6. The summed E-state index contributed by atoms with van der Waals surface area (Å²) in [4.78, 5) is 32.9. The average Bonchev–Trinajstić information content (AvgIpc) is 3.08. The molecule has 2 aromatic heterocycles. The van der Waals surface area contributed by atoms with Gasteiger partial charge < -0.3 is 14.3 Å². The van der Waals surface area contributed by atoms with Crippen LogP contribution >= 0.6 is 0 Å². The van der Waals surface area contributed by atoms with Crippen molar-refractivity contribution in [3.8, 4) is 11.5 Å². The van der Waals surface area contributed by atoms with Gasteiger partial charge in [0.1, 0.15) is 11.4 Å². The van der Waals surface area contributed by atoms with E-state index in [1.54, 1.807) is 48.7 Å². The summed E-state index contributed by atoms with van der Waals surface area (Å²) in [6.07, 6.45) is 1.62. The fourth-order valence-electron chi connectivity index (χ4n) is 4.10. The molecule has 7 nitrogen and oxygen atoms in total. The molecule has 160 valence electrons. The summed E-state index contributed by atoms with van der Waals surface area (Å²) in [5, 5.41) is 10.6. The maximum atomic E-state index is 13.5. The fraction of sp³-hybridized carbons (Fsp3) is 0.160. The number of carbonyl (C=O) groups excluding carboxylic acids is 1. The van der Waals surface area contributed by atoms with Crippen LogP contribution < -0.4 is 15.1 Å². The van der Waals surface area contributed by atoms with Crippen LogP contribution in [0.1, 0.15) is 40.2 Å². The molecular weight excluding hydrogens is 408 g/mol. The fourth-order valence-corrected chi connectivity index (χ4v) is 4.10. The number of nitrogens with zero attached hydrogens (tertiary/aromatic N) is 2. The number of ether oxygens (including phenoxy) is 1. The lowest BCUT2D eigenvalue weighted by Crippen LogP contribution is -2.30. The Hall–Kier alpha value is -4.13. The van der Waals surface area contributed by atoms with Crippen LogP contribution in [0.5, 0.6) is 11.5 Å². The highest BCUT2D eigenvalue weighted by Crippen LogP contribution is 2.42. The number of aromatic hydroxyl groups is 1. The third-order valence-electron chi connectivity index (χ3n) is 5.52. The monoisotopic (exact) mass is 428 g/mol. The molecule has 5 rings (SSSR count). The van der Waals surface area contributed by atoms with Crippen LogP contribution in [-0.2, 0) is 0 Å². The molecule has 1 atom stereocenters. The second-order valence-corrected chi connectivity index (χ2v) is 7.60. The molecule has 0 bridgehead atoms. The number of phenols is 1. The molecule has 32 heavy (non-hydrogen) atoms. The third kappa shape index (κ3) is 3.01. The standard InChI is InChI=1S/C25H20N2O5/c1-3-31-19-13-15(8-9-17(19)28)22-21-23(29)16-6-4-5-7-18(16)32-24(21)25(30)27(22)20-12-14(2)10-11-26-20/h4-13,22,28H,3H2,1-2H3. The Balaban J connectivity index is 1.80. The molecule has 1 unspecified atom stereocenters. The van der Waals surface area contributed by atoms with Gasteiger partial charge in [-0.3, -0.25) is 14.5 Å². The number of para-hydroxylation sites is 1. The van der Waals surface area contributed by atoms with E-state index >= 15 is 0 Å². The number of amides is 1. The molecule has 0 spiro atoms. The van der Waals surface area contributed by atoms with Gasteiger partial charge in [-0.25, -0.2) is 4.98 Å². The Labute approximate surface area is 183 Å². The quantitative estimate of drug-likeness (QED) is 0.519. The second kappa shape index (κ2) is 7.53. The normalized spacial score (nSPS) is 15.2. The number of pyridine rings is 1. The van der Waals surface area contributed by atoms with Crippen LogP contribution in [0.4, 0.5) is 5.82 Å². The van der Waals surface area contributed by atoms with Crippen LogP contribution in [0.3, 0.4) is 0 Å². The maximum Gasteiger partial charge on any atom is 0.296 e. The van der Waals surface area contributed by atoms with Gasteiger partial charge in [-0.1, -0.05) is 18.2 Å². The molecule has 0 aliphatic carbocycles. The summed E-state index contributed by atoms with van der Waals surface area (Å²) in [6.45, 7) is 4.07. The van der Waals surface area contributed by atoms with Crippen molar-refractivity contribution in [3.05, 3.63) is 93.5 Å². The van der Waals surface area contributed by atoms with E-state index in [0.29, 0.717) is 29.0 Å². The van der Waals surface area contributed by atoms with Crippen molar-refractivity contribution in [3.63, 3.8) is 0 Å². The van der Waals surface area contributed by atoms with E-state index in [9.17, 15) is 14.7 Å². The van der Waals surface area contributed by atoms with Gasteiger partial charge in [0.15, 0.2) is 16.9 Å². The lowest BCUT2D eigenvalue weighted by atomic mass is 9.98. The third-order valence-corrected chi connectivity index (χ3v) is 5.52. The molecule has 4 aromatic rings. The number of anilines is 1. The van der Waals surface area contributed by atoms with Gasteiger partial charge in [-0.05, 0) is 61.4 Å². The van der Waals surface area contributed by atoms with Crippen LogP contribution in [0, 0.1) is 6.92 Å². The minimum absolute atomic E-state index is 0.00644. The summed E-state index contributed by atoms with van der Waals surface area (Å²) in [5.41, 5.74) is 1.83. The van der Waals surface area contributed by atoms with Gasteiger partial charge in [-0.2, -0.15) is 0 Å². The minimum atomic E-state index is -0.785. The first-order valence-electron chi connectivity index (χ1n) is 10.3. The number of aryl methyl sites for hydroxylation is 1. The molecule has 7 heteroatoms. The van der Waals surface area contributed by atoms with E-state index in [1.165, 1.54) is 11.0 Å². The number of phenolic OH excluding ortho intramolecular Hbond substituents is 1. The van der Waals surface area contributed by atoms with Crippen LogP contribution in [0.2, 0.25) is 0 Å². The molecule has 0 radical (unpaired) electrons. The van der Waals surface area contributed by atoms with Gasteiger partial charge in [0.05, 0.1) is 23.6 Å². The highest BCUT2D eigenvalue weighted by atomic mass is 16.5. The largest absolute Gasteiger partial charge is 0.504 e. The van der Waals surface area contributed by atoms with E-state index in [2.05, 4.69) is 4.98 Å². The number of rotatable bonds is 4. The van der Waals surface area contributed by atoms with Crippen molar-refractivity contribution in [2.24, 2.45) is 0 Å². The van der Waals surface area contributed by atoms with Gasteiger partial charge in [-0.15, -0.1) is 0 Å². The summed E-state index contributed by atoms with van der Waals surface area (Å²) in [5.74, 6) is 0.199. The first-order chi connectivity index (χ1) is 15.5. The number of benzene rings is 2. The minimum Gasteiger partial charge on any atom is -0.504 e. The lowest BCUT2D eigenvalue weighted by Gasteiger charge is -2.25. The Morgan fingerprint density at radius 2 is 1.94 bits per heavy atom.